The first-order valence-corrected chi connectivity index (χ1v) is 10.2. The van der Waals surface area contributed by atoms with Crippen molar-refractivity contribution in [3.63, 3.8) is 0 Å². The molecule has 2 heterocycles. The third-order valence-electron chi connectivity index (χ3n) is 5.12. The van der Waals surface area contributed by atoms with Crippen LogP contribution >= 0.6 is 0 Å². The van der Waals surface area contributed by atoms with E-state index in [1.54, 1.807) is 30.5 Å². The van der Waals surface area contributed by atoms with Crippen LogP contribution in [0.3, 0.4) is 0 Å². The number of anilines is 3. The fourth-order valence-corrected chi connectivity index (χ4v) is 3.32. The van der Waals surface area contributed by atoms with Gasteiger partial charge in [-0.3, -0.25) is 9.59 Å². The van der Waals surface area contributed by atoms with E-state index in [0.717, 1.165) is 24.5 Å². The molecule has 1 aromatic heterocycles. The number of nitrogens with one attached hydrogen (secondary N) is 2. The lowest BCUT2D eigenvalue weighted by Crippen LogP contribution is -2.36. The molecule has 0 unspecified atom stereocenters. The molecular weight excluding hydrogens is 392 g/mol. The highest BCUT2D eigenvalue weighted by Crippen LogP contribution is 2.20. The van der Waals surface area contributed by atoms with Crippen LogP contribution in [0, 0.1) is 6.92 Å². The predicted octanol–water partition coefficient (Wildman–Crippen LogP) is 3.73. The number of nitrogens with zero attached hydrogens (tertiary/aromatic N) is 2. The van der Waals surface area contributed by atoms with Crippen LogP contribution in [0.2, 0.25) is 0 Å². The van der Waals surface area contributed by atoms with Crippen molar-refractivity contribution in [3.8, 4) is 0 Å². The van der Waals surface area contributed by atoms with E-state index in [1.165, 1.54) is 0 Å². The van der Waals surface area contributed by atoms with Crippen molar-refractivity contribution in [2.45, 2.75) is 6.92 Å². The van der Waals surface area contributed by atoms with Gasteiger partial charge in [0, 0.05) is 29.9 Å². The van der Waals surface area contributed by atoms with E-state index >= 15 is 0 Å². The smallest absolute Gasteiger partial charge is 0.255 e. The molecule has 1 aliphatic heterocycles. The number of benzene rings is 2. The Morgan fingerprint density at radius 1 is 0.903 bits per heavy atom. The summed E-state index contributed by atoms with van der Waals surface area (Å²) in [5.74, 6) is 0.378. The monoisotopic (exact) mass is 416 g/mol. The fourth-order valence-electron chi connectivity index (χ4n) is 3.32. The van der Waals surface area contributed by atoms with Crippen LogP contribution in [0.25, 0.3) is 0 Å². The SMILES string of the molecule is Cc1ccc(C(=O)Nc2ccc(N3CCOCC3)nc2)cc1NC(=O)c1ccccc1. The summed E-state index contributed by atoms with van der Waals surface area (Å²) in [6.07, 6.45) is 1.65. The Morgan fingerprint density at radius 2 is 1.65 bits per heavy atom. The van der Waals surface area contributed by atoms with Crippen LogP contribution in [-0.4, -0.2) is 43.1 Å². The van der Waals surface area contributed by atoms with E-state index in [1.807, 2.05) is 43.3 Å². The normalized spacial score (nSPS) is 13.5. The quantitative estimate of drug-likeness (QED) is 0.662. The molecule has 4 rings (SSSR count). The molecule has 1 aliphatic rings. The molecule has 0 radical (unpaired) electrons. The number of ether oxygens (including phenoxy) is 1. The van der Waals surface area contributed by atoms with Crippen molar-refractivity contribution < 1.29 is 14.3 Å². The molecule has 1 fully saturated rings. The Morgan fingerprint density at radius 3 is 2.35 bits per heavy atom. The molecule has 7 heteroatoms. The number of aromatic nitrogens is 1. The Balaban J connectivity index is 1.43. The summed E-state index contributed by atoms with van der Waals surface area (Å²) in [7, 11) is 0. The van der Waals surface area contributed by atoms with E-state index < -0.39 is 0 Å². The van der Waals surface area contributed by atoms with Gasteiger partial charge in [-0.15, -0.1) is 0 Å². The van der Waals surface area contributed by atoms with Crippen molar-refractivity contribution in [2.75, 3.05) is 41.8 Å². The molecule has 3 aromatic rings. The van der Waals surface area contributed by atoms with Crippen LogP contribution < -0.4 is 15.5 Å². The second-order valence-electron chi connectivity index (χ2n) is 7.31. The predicted molar refractivity (Wildman–Crippen MR) is 121 cm³/mol. The highest BCUT2D eigenvalue weighted by molar-refractivity contribution is 6.07. The summed E-state index contributed by atoms with van der Waals surface area (Å²) in [5, 5.41) is 5.75. The molecule has 31 heavy (non-hydrogen) atoms. The molecular formula is C24H24N4O3. The number of amides is 2. The van der Waals surface area contributed by atoms with Crippen LogP contribution in [-0.2, 0) is 4.74 Å². The minimum Gasteiger partial charge on any atom is -0.378 e. The molecule has 2 N–H and O–H groups in total. The summed E-state index contributed by atoms with van der Waals surface area (Å²) in [4.78, 5) is 31.8. The van der Waals surface area contributed by atoms with Gasteiger partial charge < -0.3 is 20.3 Å². The number of carbonyl (C=O) groups excluding carboxylic acids is 2. The number of morpholine rings is 1. The van der Waals surface area contributed by atoms with Crippen LogP contribution in [0.4, 0.5) is 17.2 Å². The molecule has 0 aliphatic carbocycles. The van der Waals surface area contributed by atoms with Crippen molar-refractivity contribution in [1.82, 2.24) is 4.98 Å². The summed E-state index contributed by atoms with van der Waals surface area (Å²) in [5.41, 5.74) is 3.09. The second-order valence-corrected chi connectivity index (χ2v) is 7.31. The first kappa shape index (κ1) is 20.6. The summed E-state index contributed by atoms with van der Waals surface area (Å²) in [6, 6.07) is 17.9. The average molecular weight is 416 g/mol. The van der Waals surface area contributed by atoms with Gasteiger partial charge in [0.2, 0.25) is 0 Å². The molecule has 0 bridgehead atoms. The zero-order chi connectivity index (χ0) is 21.6. The minimum atomic E-state index is -0.267. The third-order valence-corrected chi connectivity index (χ3v) is 5.12. The maximum absolute atomic E-state index is 12.7. The first-order chi connectivity index (χ1) is 15.1. The molecule has 0 saturated carbocycles. The van der Waals surface area contributed by atoms with Crippen molar-refractivity contribution in [3.05, 3.63) is 83.6 Å². The lowest BCUT2D eigenvalue weighted by molar-refractivity contribution is 0.101. The van der Waals surface area contributed by atoms with Crippen molar-refractivity contribution in [1.29, 1.82) is 0 Å². The highest BCUT2D eigenvalue weighted by atomic mass is 16.5. The second kappa shape index (κ2) is 9.40. The Kier molecular flexibility index (Phi) is 6.24. The van der Waals surface area contributed by atoms with Crippen LogP contribution in [0.1, 0.15) is 26.3 Å². The molecule has 158 valence electrons. The van der Waals surface area contributed by atoms with Crippen LogP contribution in [0.5, 0.6) is 0 Å². The fraction of sp³-hybridized carbons (Fsp3) is 0.208. The molecule has 2 aromatic carbocycles. The lowest BCUT2D eigenvalue weighted by atomic mass is 10.1. The minimum absolute atomic E-state index is 0.218. The molecule has 7 nitrogen and oxygen atoms in total. The number of pyridine rings is 1. The maximum atomic E-state index is 12.7. The van der Waals surface area contributed by atoms with Gasteiger partial charge in [0.25, 0.3) is 11.8 Å². The van der Waals surface area contributed by atoms with Gasteiger partial charge in [0.15, 0.2) is 0 Å². The molecule has 0 spiro atoms. The largest absolute Gasteiger partial charge is 0.378 e. The maximum Gasteiger partial charge on any atom is 0.255 e. The molecule has 2 amide bonds. The van der Waals surface area contributed by atoms with Crippen LogP contribution in [0.15, 0.2) is 66.9 Å². The standard InChI is InChI=1S/C24H24N4O3/c1-17-7-8-19(15-21(17)27-23(29)18-5-3-2-4-6-18)24(30)26-20-9-10-22(25-16-20)28-11-13-31-14-12-28/h2-10,15-16H,11-14H2,1H3,(H,26,30)(H,27,29). The van der Waals surface area contributed by atoms with Gasteiger partial charge in [-0.05, 0) is 48.9 Å². The number of aryl methyl sites for hydroxylation is 1. The first-order valence-electron chi connectivity index (χ1n) is 10.2. The van der Waals surface area contributed by atoms with Gasteiger partial charge in [0.05, 0.1) is 25.1 Å². The van der Waals surface area contributed by atoms with Gasteiger partial charge in [-0.1, -0.05) is 24.3 Å². The number of carbonyl (C=O) groups is 2. The van der Waals surface area contributed by atoms with Gasteiger partial charge >= 0.3 is 0 Å². The lowest BCUT2D eigenvalue weighted by Gasteiger charge is -2.27. The molecule has 1 saturated heterocycles. The number of rotatable bonds is 5. The topological polar surface area (TPSA) is 83.6 Å². The summed E-state index contributed by atoms with van der Waals surface area (Å²) >= 11 is 0. The Bertz CT molecular complexity index is 1060. The van der Waals surface area contributed by atoms with Crippen molar-refractivity contribution in [2.24, 2.45) is 0 Å². The zero-order valence-electron chi connectivity index (χ0n) is 17.3. The number of hydrogen-bond acceptors (Lipinski definition) is 5. The number of hydrogen-bond donors (Lipinski definition) is 2. The Labute approximate surface area is 181 Å². The summed E-state index contributed by atoms with van der Waals surface area (Å²) < 4.78 is 5.36. The average Bonchev–Trinajstić information content (AvgIpc) is 2.82. The Hall–Kier alpha value is -3.71. The summed E-state index contributed by atoms with van der Waals surface area (Å²) in [6.45, 7) is 4.88. The third kappa shape index (κ3) is 5.07. The van der Waals surface area contributed by atoms with Gasteiger partial charge in [-0.25, -0.2) is 4.98 Å². The van der Waals surface area contributed by atoms with E-state index in [2.05, 4.69) is 20.5 Å². The highest BCUT2D eigenvalue weighted by Gasteiger charge is 2.14. The van der Waals surface area contributed by atoms with E-state index in [-0.39, 0.29) is 11.8 Å². The molecule has 0 atom stereocenters. The van der Waals surface area contributed by atoms with E-state index in [4.69, 9.17) is 4.74 Å². The zero-order valence-corrected chi connectivity index (χ0v) is 17.3. The van der Waals surface area contributed by atoms with Gasteiger partial charge in [-0.2, -0.15) is 0 Å². The van der Waals surface area contributed by atoms with Crippen molar-refractivity contribution >= 4 is 29.0 Å². The van der Waals surface area contributed by atoms with Gasteiger partial charge in [0.1, 0.15) is 5.82 Å². The van der Waals surface area contributed by atoms with E-state index in [0.29, 0.717) is 35.7 Å². The van der Waals surface area contributed by atoms with E-state index in [9.17, 15) is 9.59 Å².